The normalized spacial score (nSPS) is 11.2. The number of nitrogens with zero attached hydrogens (tertiary/aromatic N) is 3. The van der Waals surface area contributed by atoms with Crippen LogP contribution in [0.1, 0.15) is 23.3 Å². The van der Waals surface area contributed by atoms with Gasteiger partial charge in [0, 0.05) is 53.3 Å². The topological polar surface area (TPSA) is 108 Å². The maximum atomic E-state index is 12.9. The van der Waals surface area contributed by atoms with Crippen molar-refractivity contribution in [1.29, 1.82) is 0 Å². The molecule has 0 saturated heterocycles. The Labute approximate surface area is 212 Å². The Morgan fingerprint density at radius 3 is 2.64 bits per heavy atom. The number of nitrogen functional groups attached to an aromatic ring is 1. The lowest BCUT2D eigenvalue weighted by atomic mass is 10.1. The lowest BCUT2D eigenvalue weighted by molar-refractivity contribution is 0.0974. The number of nitrogens with one attached hydrogen (secondary N) is 1. The molecular weight excluding hydrogens is 474 g/mol. The number of pyridine rings is 1. The summed E-state index contributed by atoms with van der Waals surface area (Å²) in [5.74, 6) is 1.62. The van der Waals surface area contributed by atoms with Crippen LogP contribution in [0, 0.1) is 4.77 Å². The summed E-state index contributed by atoms with van der Waals surface area (Å²) in [6.45, 7) is 0.471. The summed E-state index contributed by atoms with van der Waals surface area (Å²) in [6, 6.07) is 15.4. The van der Waals surface area contributed by atoms with Gasteiger partial charge in [-0.25, -0.2) is 4.98 Å². The highest BCUT2D eigenvalue weighted by Gasteiger charge is 2.14. The SMILES string of the molecule is COc1cc2nc(=S)n(CCCC(=O)c3cc4ccc(-c5cccnc5)cc4[nH]3)c(N)c2cc1OC. The van der Waals surface area contributed by atoms with E-state index in [2.05, 4.69) is 15.0 Å². The minimum atomic E-state index is 0.0272. The minimum Gasteiger partial charge on any atom is -0.493 e. The first kappa shape index (κ1) is 23.5. The predicted octanol–water partition coefficient (Wildman–Crippen LogP) is 5.57. The zero-order valence-corrected chi connectivity index (χ0v) is 20.8. The summed E-state index contributed by atoms with van der Waals surface area (Å²) in [6.07, 6.45) is 4.47. The number of nitrogens with two attached hydrogens (primary N) is 1. The third-order valence-corrected chi connectivity index (χ3v) is 6.53. The van der Waals surface area contributed by atoms with Crippen molar-refractivity contribution in [2.75, 3.05) is 20.0 Å². The number of hydrogen-bond donors (Lipinski definition) is 2. The summed E-state index contributed by atoms with van der Waals surface area (Å²) >= 11 is 5.48. The second-order valence-corrected chi connectivity index (χ2v) is 8.77. The van der Waals surface area contributed by atoms with Crippen molar-refractivity contribution < 1.29 is 14.3 Å². The van der Waals surface area contributed by atoms with Crippen LogP contribution in [0.2, 0.25) is 0 Å². The Morgan fingerprint density at radius 2 is 1.89 bits per heavy atom. The van der Waals surface area contributed by atoms with Gasteiger partial charge in [0.1, 0.15) is 5.82 Å². The molecule has 0 radical (unpaired) electrons. The van der Waals surface area contributed by atoms with E-state index in [1.165, 1.54) is 0 Å². The van der Waals surface area contributed by atoms with Crippen LogP contribution in [0.5, 0.6) is 11.5 Å². The number of methoxy groups -OCH3 is 2. The molecule has 2 aromatic carbocycles. The number of aromatic amines is 1. The Balaban J connectivity index is 1.32. The van der Waals surface area contributed by atoms with Gasteiger partial charge in [0.2, 0.25) is 4.77 Å². The molecular formula is C27H25N5O3S. The standard InChI is InChI=1S/C27H25N5O3S/c1-34-24-13-19-21(14-25(24)35-2)31-27(36)32(26(19)28)10-4-6-23(33)22-12-17-8-7-16(11-20(17)30-22)18-5-3-9-29-15-18/h3,5,7-9,11-15,30H,4,6,10,28H2,1-2H3. The number of anilines is 1. The van der Waals surface area contributed by atoms with E-state index in [1.807, 2.05) is 42.6 Å². The van der Waals surface area contributed by atoms with Crippen LogP contribution in [-0.4, -0.2) is 39.5 Å². The molecule has 0 atom stereocenters. The van der Waals surface area contributed by atoms with E-state index in [9.17, 15) is 4.79 Å². The smallest absolute Gasteiger partial charge is 0.201 e. The summed E-state index contributed by atoms with van der Waals surface area (Å²) in [5, 5.41) is 1.70. The number of H-pyrrole nitrogens is 1. The van der Waals surface area contributed by atoms with Crippen molar-refractivity contribution in [3.63, 3.8) is 0 Å². The molecule has 3 aromatic heterocycles. The van der Waals surface area contributed by atoms with Gasteiger partial charge in [-0.05, 0) is 48.5 Å². The molecule has 3 heterocycles. The highest BCUT2D eigenvalue weighted by atomic mass is 32.1. The van der Waals surface area contributed by atoms with Crippen molar-refractivity contribution in [2.45, 2.75) is 19.4 Å². The van der Waals surface area contributed by atoms with Crippen LogP contribution in [0.15, 0.2) is 60.9 Å². The first-order valence-corrected chi connectivity index (χ1v) is 11.9. The first-order chi connectivity index (χ1) is 17.5. The van der Waals surface area contributed by atoms with Gasteiger partial charge in [-0.3, -0.25) is 9.78 Å². The third-order valence-electron chi connectivity index (χ3n) is 6.22. The molecule has 0 amide bonds. The highest BCUT2D eigenvalue weighted by molar-refractivity contribution is 7.71. The van der Waals surface area contributed by atoms with Gasteiger partial charge in [-0.15, -0.1) is 0 Å². The molecule has 3 N–H and O–H groups in total. The van der Waals surface area contributed by atoms with E-state index in [-0.39, 0.29) is 5.78 Å². The fraction of sp³-hybridized carbons (Fsp3) is 0.185. The van der Waals surface area contributed by atoms with Crippen LogP contribution in [0.4, 0.5) is 5.82 Å². The third kappa shape index (κ3) is 4.40. The zero-order chi connectivity index (χ0) is 25.2. The Kier molecular flexibility index (Phi) is 6.39. The average Bonchev–Trinajstić information content (AvgIpc) is 3.34. The zero-order valence-electron chi connectivity index (χ0n) is 19.9. The second kappa shape index (κ2) is 9.79. The Bertz CT molecular complexity index is 1640. The van der Waals surface area contributed by atoms with Crippen molar-refractivity contribution in [3.8, 4) is 22.6 Å². The number of ether oxygens (including phenoxy) is 2. The summed E-state index contributed by atoms with van der Waals surface area (Å²) in [5.41, 5.74) is 10.6. The average molecular weight is 500 g/mol. The number of carbonyl (C=O) groups excluding carboxylic acids is 1. The van der Waals surface area contributed by atoms with Gasteiger partial charge >= 0.3 is 0 Å². The van der Waals surface area contributed by atoms with Gasteiger partial charge in [-0.1, -0.05) is 18.2 Å². The maximum Gasteiger partial charge on any atom is 0.201 e. The van der Waals surface area contributed by atoms with Crippen molar-refractivity contribution in [3.05, 3.63) is 71.4 Å². The predicted molar refractivity (Wildman–Crippen MR) is 143 cm³/mol. The van der Waals surface area contributed by atoms with E-state index in [4.69, 9.17) is 27.4 Å². The Morgan fingerprint density at radius 1 is 1.08 bits per heavy atom. The van der Waals surface area contributed by atoms with Gasteiger partial charge in [0.15, 0.2) is 17.3 Å². The van der Waals surface area contributed by atoms with E-state index >= 15 is 0 Å². The molecule has 0 aliphatic rings. The fourth-order valence-corrected chi connectivity index (χ4v) is 4.60. The van der Waals surface area contributed by atoms with Crippen LogP contribution < -0.4 is 15.2 Å². The number of rotatable bonds is 8. The Hall–Kier alpha value is -4.24. The molecule has 0 spiro atoms. The van der Waals surface area contributed by atoms with Crippen LogP contribution >= 0.6 is 12.2 Å². The molecule has 0 aliphatic carbocycles. The van der Waals surface area contributed by atoms with E-state index < -0.39 is 0 Å². The highest BCUT2D eigenvalue weighted by Crippen LogP contribution is 2.34. The summed E-state index contributed by atoms with van der Waals surface area (Å²) < 4.78 is 12.8. The molecule has 182 valence electrons. The summed E-state index contributed by atoms with van der Waals surface area (Å²) in [7, 11) is 3.13. The van der Waals surface area contributed by atoms with Gasteiger partial charge < -0.3 is 24.8 Å². The minimum absolute atomic E-state index is 0.0272. The van der Waals surface area contributed by atoms with E-state index in [0.717, 1.165) is 22.0 Å². The van der Waals surface area contributed by atoms with Gasteiger partial charge in [-0.2, -0.15) is 0 Å². The quantitative estimate of drug-likeness (QED) is 0.212. The van der Waals surface area contributed by atoms with Gasteiger partial charge in [0.05, 0.1) is 25.4 Å². The van der Waals surface area contributed by atoms with Crippen LogP contribution in [0.3, 0.4) is 0 Å². The number of ketones is 1. The monoisotopic (exact) mass is 499 g/mol. The molecule has 0 saturated carbocycles. The van der Waals surface area contributed by atoms with E-state index in [0.29, 0.717) is 58.1 Å². The molecule has 0 bridgehead atoms. The molecule has 5 rings (SSSR count). The number of benzene rings is 2. The van der Waals surface area contributed by atoms with Crippen molar-refractivity contribution in [1.82, 2.24) is 19.5 Å². The lowest BCUT2D eigenvalue weighted by Gasteiger charge is -2.15. The molecule has 0 fully saturated rings. The molecule has 36 heavy (non-hydrogen) atoms. The molecule has 5 aromatic rings. The lowest BCUT2D eigenvalue weighted by Crippen LogP contribution is -2.11. The number of carbonyl (C=O) groups is 1. The van der Waals surface area contributed by atoms with Gasteiger partial charge in [0.25, 0.3) is 0 Å². The largest absolute Gasteiger partial charge is 0.493 e. The molecule has 0 aliphatic heterocycles. The first-order valence-electron chi connectivity index (χ1n) is 11.5. The summed E-state index contributed by atoms with van der Waals surface area (Å²) in [4.78, 5) is 24.9. The second-order valence-electron chi connectivity index (χ2n) is 8.41. The van der Waals surface area contributed by atoms with E-state index in [1.54, 1.807) is 37.1 Å². The number of fused-ring (bicyclic) bond motifs is 2. The van der Waals surface area contributed by atoms with Crippen LogP contribution in [-0.2, 0) is 6.54 Å². The number of aromatic nitrogens is 4. The van der Waals surface area contributed by atoms with Crippen molar-refractivity contribution >= 4 is 45.6 Å². The maximum absolute atomic E-state index is 12.9. The molecule has 8 nitrogen and oxygen atoms in total. The van der Waals surface area contributed by atoms with Crippen molar-refractivity contribution in [2.24, 2.45) is 0 Å². The molecule has 9 heteroatoms. The molecule has 0 unspecified atom stereocenters. The number of hydrogen-bond acceptors (Lipinski definition) is 7. The van der Waals surface area contributed by atoms with Crippen LogP contribution in [0.25, 0.3) is 32.9 Å². The number of Topliss-reactive ketones (excluding diaryl/α,β-unsaturated/α-hetero) is 1. The fourth-order valence-electron chi connectivity index (χ4n) is 4.32.